The molecule has 0 saturated carbocycles. The van der Waals surface area contributed by atoms with Crippen molar-refractivity contribution in [3.05, 3.63) is 29.8 Å². The number of benzene rings is 1. The number of carbonyl (C=O) groups excluding carboxylic acids is 1. The average molecular weight is 399 g/mol. The number of amides is 1. The van der Waals surface area contributed by atoms with Crippen LogP contribution in [-0.2, 0) is 16.1 Å². The first-order chi connectivity index (χ1) is 13.2. The number of morpholine rings is 1. The van der Waals surface area contributed by atoms with Crippen LogP contribution in [-0.4, -0.2) is 84.5 Å². The lowest BCUT2D eigenvalue weighted by molar-refractivity contribution is -0.274. The highest BCUT2D eigenvalue weighted by Crippen LogP contribution is 2.36. The highest BCUT2D eigenvalue weighted by molar-refractivity contribution is 5.73. The molecule has 154 valence electrons. The standard InChI is InChI=1S/C19H24F3N3O3/c1-14(26)24-9-16-10-27-7-6-25(16)18(13-24)11-23(12-18)8-15-2-4-17(5-3-15)28-19(20,21)22/h2-5,16H,6-13H2,1H3. The van der Waals surface area contributed by atoms with E-state index in [-0.39, 0.29) is 23.2 Å². The molecule has 0 aliphatic carbocycles. The van der Waals surface area contributed by atoms with Crippen LogP contribution in [0.1, 0.15) is 12.5 Å². The zero-order chi connectivity index (χ0) is 19.9. The summed E-state index contributed by atoms with van der Waals surface area (Å²) >= 11 is 0. The van der Waals surface area contributed by atoms with Gasteiger partial charge in [0.1, 0.15) is 5.75 Å². The van der Waals surface area contributed by atoms with Crippen molar-refractivity contribution in [3.63, 3.8) is 0 Å². The maximum absolute atomic E-state index is 12.3. The number of piperazine rings is 1. The van der Waals surface area contributed by atoms with Gasteiger partial charge in [-0.3, -0.25) is 14.6 Å². The molecule has 9 heteroatoms. The molecule has 1 aromatic carbocycles. The molecule has 1 spiro atoms. The summed E-state index contributed by atoms with van der Waals surface area (Å²) in [7, 11) is 0. The van der Waals surface area contributed by atoms with Gasteiger partial charge in [0.05, 0.1) is 24.8 Å². The molecule has 3 heterocycles. The van der Waals surface area contributed by atoms with Gasteiger partial charge < -0.3 is 14.4 Å². The van der Waals surface area contributed by atoms with Crippen molar-refractivity contribution in [2.24, 2.45) is 0 Å². The molecule has 3 fully saturated rings. The molecule has 4 rings (SSSR count). The van der Waals surface area contributed by atoms with Crippen LogP contribution in [0.5, 0.6) is 5.75 Å². The van der Waals surface area contributed by atoms with E-state index in [1.165, 1.54) is 12.1 Å². The number of nitrogens with zero attached hydrogens (tertiary/aromatic N) is 3. The van der Waals surface area contributed by atoms with Crippen molar-refractivity contribution in [1.29, 1.82) is 0 Å². The lowest BCUT2D eigenvalue weighted by atomic mass is 9.82. The second-order valence-electron chi connectivity index (χ2n) is 7.88. The lowest BCUT2D eigenvalue weighted by Gasteiger charge is -2.63. The van der Waals surface area contributed by atoms with Crippen molar-refractivity contribution < 1.29 is 27.4 Å². The molecule has 0 bridgehead atoms. The molecular formula is C19H24F3N3O3. The van der Waals surface area contributed by atoms with Crippen LogP contribution in [0.4, 0.5) is 13.2 Å². The number of fused-ring (bicyclic) bond motifs is 2. The summed E-state index contributed by atoms with van der Waals surface area (Å²) < 4.78 is 46.3. The third-order valence-electron chi connectivity index (χ3n) is 5.80. The van der Waals surface area contributed by atoms with Gasteiger partial charge in [0.15, 0.2) is 0 Å². The monoisotopic (exact) mass is 399 g/mol. The Morgan fingerprint density at radius 2 is 1.96 bits per heavy atom. The second kappa shape index (κ2) is 7.20. The molecule has 0 aromatic heterocycles. The van der Waals surface area contributed by atoms with Gasteiger partial charge in [0.25, 0.3) is 0 Å². The van der Waals surface area contributed by atoms with Crippen molar-refractivity contribution in [1.82, 2.24) is 14.7 Å². The van der Waals surface area contributed by atoms with Crippen LogP contribution in [0.15, 0.2) is 24.3 Å². The molecule has 3 aliphatic rings. The third-order valence-corrected chi connectivity index (χ3v) is 5.80. The average Bonchev–Trinajstić information content (AvgIpc) is 2.60. The van der Waals surface area contributed by atoms with E-state index in [4.69, 9.17) is 4.74 Å². The Hall–Kier alpha value is -1.84. The van der Waals surface area contributed by atoms with Gasteiger partial charge in [-0.05, 0) is 17.7 Å². The van der Waals surface area contributed by atoms with Crippen molar-refractivity contribution >= 4 is 5.91 Å². The summed E-state index contributed by atoms with van der Waals surface area (Å²) in [6.45, 7) is 7.56. The van der Waals surface area contributed by atoms with Crippen LogP contribution in [0, 0.1) is 0 Å². The summed E-state index contributed by atoms with van der Waals surface area (Å²) in [6, 6.07) is 6.23. The highest BCUT2D eigenvalue weighted by Gasteiger charge is 2.54. The molecule has 0 radical (unpaired) electrons. The number of alkyl halides is 3. The van der Waals surface area contributed by atoms with E-state index in [0.29, 0.717) is 32.8 Å². The topological polar surface area (TPSA) is 45.2 Å². The minimum atomic E-state index is -4.68. The Kier molecular flexibility index (Phi) is 5.01. The molecule has 3 saturated heterocycles. The largest absolute Gasteiger partial charge is 0.573 e. The van der Waals surface area contributed by atoms with Gasteiger partial charge in [0, 0.05) is 46.2 Å². The normalized spacial score (nSPS) is 25.3. The Balaban J connectivity index is 1.39. The first-order valence-electron chi connectivity index (χ1n) is 9.41. The number of ether oxygens (including phenoxy) is 2. The van der Waals surface area contributed by atoms with E-state index in [9.17, 15) is 18.0 Å². The van der Waals surface area contributed by atoms with E-state index in [0.717, 1.165) is 25.2 Å². The SMILES string of the molecule is CC(=O)N1CC2COCCN2C2(CN(Cc3ccc(OC(F)(F)F)cc3)C2)C1. The number of hydrogen-bond acceptors (Lipinski definition) is 5. The fraction of sp³-hybridized carbons (Fsp3) is 0.632. The molecule has 3 aliphatic heterocycles. The van der Waals surface area contributed by atoms with E-state index in [1.807, 2.05) is 4.90 Å². The minimum absolute atomic E-state index is 0.0578. The predicted molar refractivity (Wildman–Crippen MR) is 94.7 cm³/mol. The number of carbonyl (C=O) groups is 1. The Labute approximate surface area is 161 Å². The predicted octanol–water partition coefficient (Wildman–Crippen LogP) is 1.70. The van der Waals surface area contributed by atoms with Crippen LogP contribution < -0.4 is 4.74 Å². The maximum atomic E-state index is 12.3. The van der Waals surface area contributed by atoms with E-state index in [2.05, 4.69) is 14.5 Å². The summed E-state index contributed by atoms with van der Waals surface area (Å²) in [5.41, 5.74) is 0.875. The molecule has 0 N–H and O–H groups in total. The van der Waals surface area contributed by atoms with Gasteiger partial charge in [0.2, 0.25) is 5.91 Å². The first-order valence-corrected chi connectivity index (χ1v) is 9.41. The number of hydrogen-bond donors (Lipinski definition) is 0. The molecule has 1 atom stereocenters. The fourth-order valence-electron chi connectivity index (χ4n) is 4.67. The highest BCUT2D eigenvalue weighted by atomic mass is 19.4. The molecule has 1 amide bonds. The Morgan fingerprint density at radius 3 is 2.61 bits per heavy atom. The minimum Gasteiger partial charge on any atom is -0.406 e. The first kappa shape index (κ1) is 19.5. The third kappa shape index (κ3) is 3.97. The fourth-order valence-corrected chi connectivity index (χ4v) is 4.67. The summed E-state index contributed by atoms with van der Waals surface area (Å²) in [4.78, 5) is 18.6. The van der Waals surface area contributed by atoms with E-state index >= 15 is 0 Å². The zero-order valence-electron chi connectivity index (χ0n) is 15.7. The quantitative estimate of drug-likeness (QED) is 0.774. The van der Waals surface area contributed by atoms with E-state index < -0.39 is 6.36 Å². The van der Waals surface area contributed by atoms with Crippen LogP contribution in [0.3, 0.4) is 0 Å². The number of halogens is 3. The van der Waals surface area contributed by atoms with Crippen molar-refractivity contribution in [3.8, 4) is 5.75 Å². The van der Waals surface area contributed by atoms with Gasteiger partial charge in [-0.2, -0.15) is 0 Å². The van der Waals surface area contributed by atoms with Gasteiger partial charge in [-0.25, -0.2) is 0 Å². The van der Waals surface area contributed by atoms with Gasteiger partial charge in [-0.1, -0.05) is 12.1 Å². The molecule has 1 aromatic rings. The maximum Gasteiger partial charge on any atom is 0.573 e. The van der Waals surface area contributed by atoms with Crippen molar-refractivity contribution in [2.75, 3.05) is 45.9 Å². The number of rotatable bonds is 3. The summed E-state index contributed by atoms with van der Waals surface area (Å²) in [5.74, 6) is -0.125. The van der Waals surface area contributed by atoms with Gasteiger partial charge in [-0.15, -0.1) is 13.2 Å². The molecule has 28 heavy (non-hydrogen) atoms. The van der Waals surface area contributed by atoms with Crippen LogP contribution in [0.2, 0.25) is 0 Å². The van der Waals surface area contributed by atoms with Crippen molar-refractivity contribution in [2.45, 2.75) is 31.4 Å². The second-order valence-corrected chi connectivity index (χ2v) is 7.88. The summed E-state index contributed by atoms with van der Waals surface area (Å²) in [6.07, 6.45) is -4.68. The zero-order valence-corrected chi connectivity index (χ0v) is 15.7. The Bertz CT molecular complexity index is 719. The van der Waals surface area contributed by atoms with Crippen LogP contribution in [0.25, 0.3) is 0 Å². The van der Waals surface area contributed by atoms with Crippen LogP contribution >= 0.6 is 0 Å². The van der Waals surface area contributed by atoms with E-state index in [1.54, 1.807) is 19.1 Å². The van der Waals surface area contributed by atoms with Gasteiger partial charge >= 0.3 is 6.36 Å². The smallest absolute Gasteiger partial charge is 0.406 e. The lowest BCUT2D eigenvalue weighted by Crippen LogP contribution is -2.80. The Morgan fingerprint density at radius 1 is 1.25 bits per heavy atom. The molecular weight excluding hydrogens is 375 g/mol. The molecule has 1 unspecified atom stereocenters. The number of likely N-dealkylation sites (tertiary alicyclic amines) is 1. The summed E-state index contributed by atoms with van der Waals surface area (Å²) in [5, 5.41) is 0. The molecule has 6 nitrogen and oxygen atoms in total.